The molecule has 3 rings (SSSR count). The molecule has 1 fully saturated rings. The van der Waals surface area contributed by atoms with E-state index in [1.54, 1.807) is 40.0 Å². The van der Waals surface area contributed by atoms with E-state index in [-0.39, 0.29) is 29.5 Å². The van der Waals surface area contributed by atoms with Gasteiger partial charge in [0.1, 0.15) is 12.1 Å². The molecule has 3 amide bonds. The molecule has 0 radical (unpaired) electrons. The van der Waals surface area contributed by atoms with Crippen LogP contribution in [0.4, 0.5) is 4.79 Å². The standard InChI is InChI=1S/C27H38N6O6/c1-15(2)19(21(34)23-31-32-25(39-23)27(5,6)18-12-8-9-13-28-18)29-22(35)17-11-10-14-33(17)24(36)20(16(3)4)30-26(37)38-7/h8-9,12-13,15-17,19-20H,10-11,14H2,1-7H3,(H,29,35)(H,30,37)/t17-,19-,20-/m0/s1. The maximum absolute atomic E-state index is 13.4. The zero-order chi connectivity index (χ0) is 28.9. The van der Waals surface area contributed by atoms with Gasteiger partial charge < -0.3 is 24.7 Å². The SMILES string of the molecule is COC(=O)N[C@H](C(=O)N1CCC[C@H]1C(=O)N[C@H](C(=O)c1nnc(C(C)(C)c2ccccn2)o1)C(C)C)C(C)C. The molecule has 0 bridgehead atoms. The highest BCUT2D eigenvalue weighted by atomic mass is 16.5. The summed E-state index contributed by atoms with van der Waals surface area (Å²) in [6.07, 6.45) is 1.99. The van der Waals surface area contributed by atoms with E-state index in [9.17, 15) is 19.2 Å². The lowest BCUT2D eigenvalue weighted by atomic mass is 9.89. The van der Waals surface area contributed by atoms with Gasteiger partial charge in [0.25, 0.3) is 5.89 Å². The third-order valence-corrected chi connectivity index (χ3v) is 6.95. The molecule has 1 aliphatic rings. The van der Waals surface area contributed by atoms with Crippen LogP contribution < -0.4 is 10.6 Å². The van der Waals surface area contributed by atoms with E-state index in [4.69, 9.17) is 4.42 Å². The van der Waals surface area contributed by atoms with Gasteiger partial charge in [-0.2, -0.15) is 0 Å². The number of rotatable bonds is 10. The Morgan fingerprint density at radius 2 is 1.74 bits per heavy atom. The molecule has 12 nitrogen and oxygen atoms in total. The molecule has 1 aliphatic heterocycles. The van der Waals surface area contributed by atoms with Crippen LogP contribution in [0.2, 0.25) is 0 Å². The molecule has 0 aliphatic carbocycles. The number of amides is 3. The summed E-state index contributed by atoms with van der Waals surface area (Å²) < 4.78 is 10.4. The molecule has 3 atom stereocenters. The minimum Gasteiger partial charge on any atom is -0.453 e. The van der Waals surface area contributed by atoms with Crippen LogP contribution in [0.15, 0.2) is 28.8 Å². The van der Waals surface area contributed by atoms with Crippen molar-refractivity contribution in [3.8, 4) is 0 Å². The molecule has 0 aromatic carbocycles. The quantitative estimate of drug-likeness (QED) is 0.431. The van der Waals surface area contributed by atoms with Crippen molar-refractivity contribution >= 4 is 23.7 Å². The molecule has 1 saturated heterocycles. The maximum Gasteiger partial charge on any atom is 0.407 e. The normalized spacial score (nSPS) is 17.2. The van der Waals surface area contributed by atoms with Crippen molar-refractivity contribution < 1.29 is 28.3 Å². The zero-order valence-electron chi connectivity index (χ0n) is 23.6. The number of Topliss-reactive ketones (excluding diaryl/α,β-unsaturated/α-hetero) is 1. The highest BCUT2D eigenvalue weighted by Crippen LogP contribution is 2.29. The summed E-state index contributed by atoms with van der Waals surface area (Å²) >= 11 is 0. The lowest BCUT2D eigenvalue weighted by Crippen LogP contribution is -2.57. The van der Waals surface area contributed by atoms with Crippen LogP contribution in [0.1, 0.15) is 76.7 Å². The molecule has 3 heterocycles. The van der Waals surface area contributed by atoms with Crippen molar-refractivity contribution in [1.29, 1.82) is 0 Å². The number of carbonyl (C=O) groups is 4. The number of likely N-dealkylation sites (tertiary alicyclic amines) is 1. The Bertz CT molecular complexity index is 1180. The Morgan fingerprint density at radius 3 is 2.33 bits per heavy atom. The summed E-state index contributed by atoms with van der Waals surface area (Å²) in [5.74, 6) is -1.86. The summed E-state index contributed by atoms with van der Waals surface area (Å²) in [5.41, 5.74) is -0.0343. The summed E-state index contributed by atoms with van der Waals surface area (Å²) in [4.78, 5) is 57.7. The number of hydrogen-bond acceptors (Lipinski definition) is 9. The number of ketones is 1. The number of carbonyl (C=O) groups excluding carboxylic acids is 4. The first-order chi connectivity index (χ1) is 18.4. The predicted molar refractivity (Wildman–Crippen MR) is 141 cm³/mol. The summed E-state index contributed by atoms with van der Waals surface area (Å²) in [6.45, 7) is 11.3. The fraction of sp³-hybridized carbons (Fsp3) is 0.593. The van der Waals surface area contributed by atoms with Gasteiger partial charge in [0, 0.05) is 12.7 Å². The first-order valence-corrected chi connectivity index (χ1v) is 13.1. The van der Waals surface area contributed by atoms with Gasteiger partial charge >= 0.3 is 6.09 Å². The number of aromatic nitrogens is 3. The topological polar surface area (TPSA) is 157 Å². The highest BCUT2D eigenvalue weighted by Gasteiger charge is 2.41. The number of nitrogens with zero attached hydrogens (tertiary/aromatic N) is 4. The molecule has 0 saturated carbocycles. The maximum atomic E-state index is 13.4. The Labute approximate surface area is 228 Å². The fourth-order valence-electron chi connectivity index (χ4n) is 4.52. The minimum absolute atomic E-state index is 0.213. The van der Waals surface area contributed by atoms with Gasteiger partial charge in [-0.1, -0.05) is 33.8 Å². The van der Waals surface area contributed by atoms with E-state index in [1.807, 2.05) is 26.0 Å². The first-order valence-electron chi connectivity index (χ1n) is 13.1. The van der Waals surface area contributed by atoms with Crippen LogP contribution in [0, 0.1) is 11.8 Å². The van der Waals surface area contributed by atoms with Gasteiger partial charge in [-0.05, 0) is 50.7 Å². The van der Waals surface area contributed by atoms with Gasteiger partial charge in [0.05, 0.1) is 24.3 Å². The second-order valence-electron chi connectivity index (χ2n) is 10.9. The molecular weight excluding hydrogens is 504 g/mol. The highest BCUT2D eigenvalue weighted by molar-refractivity contribution is 6.00. The largest absolute Gasteiger partial charge is 0.453 e. The third-order valence-electron chi connectivity index (χ3n) is 6.95. The van der Waals surface area contributed by atoms with Crippen molar-refractivity contribution in [3.05, 3.63) is 41.9 Å². The average molecular weight is 543 g/mol. The van der Waals surface area contributed by atoms with E-state index in [2.05, 4.69) is 30.6 Å². The molecular formula is C27H38N6O6. The molecule has 2 aromatic rings. The molecule has 2 N–H and O–H groups in total. The number of hydrogen-bond donors (Lipinski definition) is 2. The van der Waals surface area contributed by atoms with E-state index in [0.717, 1.165) is 0 Å². The third kappa shape index (κ3) is 6.61. The smallest absolute Gasteiger partial charge is 0.407 e. The number of pyridine rings is 1. The molecule has 0 spiro atoms. The second kappa shape index (κ2) is 12.4. The number of nitrogens with one attached hydrogen (secondary N) is 2. The van der Waals surface area contributed by atoms with E-state index < -0.39 is 41.3 Å². The fourth-order valence-corrected chi connectivity index (χ4v) is 4.52. The van der Waals surface area contributed by atoms with E-state index in [0.29, 0.717) is 25.1 Å². The van der Waals surface area contributed by atoms with Crippen LogP contribution in [0.25, 0.3) is 0 Å². The predicted octanol–water partition coefficient (Wildman–Crippen LogP) is 2.49. The Balaban J connectivity index is 1.76. The monoisotopic (exact) mass is 542 g/mol. The van der Waals surface area contributed by atoms with Crippen molar-refractivity contribution in [2.75, 3.05) is 13.7 Å². The van der Waals surface area contributed by atoms with Crippen LogP contribution >= 0.6 is 0 Å². The van der Waals surface area contributed by atoms with E-state index >= 15 is 0 Å². The molecule has 2 aromatic heterocycles. The number of methoxy groups -OCH3 is 1. The van der Waals surface area contributed by atoms with Gasteiger partial charge in [-0.3, -0.25) is 19.4 Å². The summed E-state index contributed by atoms with van der Waals surface area (Å²) in [7, 11) is 1.22. The summed E-state index contributed by atoms with van der Waals surface area (Å²) in [5, 5.41) is 13.4. The van der Waals surface area contributed by atoms with Crippen molar-refractivity contribution in [1.82, 2.24) is 30.7 Å². The van der Waals surface area contributed by atoms with Gasteiger partial charge in [-0.15, -0.1) is 10.2 Å². The zero-order valence-corrected chi connectivity index (χ0v) is 23.6. The van der Waals surface area contributed by atoms with Gasteiger partial charge in [-0.25, -0.2) is 4.79 Å². The first kappa shape index (κ1) is 29.7. The second-order valence-corrected chi connectivity index (χ2v) is 10.9. The van der Waals surface area contributed by atoms with Crippen molar-refractivity contribution in [2.24, 2.45) is 11.8 Å². The lowest BCUT2D eigenvalue weighted by Gasteiger charge is -2.31. The Kier molecular flexibility index (Phi) is 9.41. The van der Waals surface area contributed by atoms with Crippen molar-refractivity contribution in [3.63, 3.8) is 0 Å². The molecule has 12 heteroatoms. The summed E-state index contributed by atoms with van der Waals surface area (Å²) in [6, 6.07) is 2.90. The number of alkyl carbamates (subject to hydrolysis) is 1. The van der Waals surface area contributed by atoms with Crippen molar-refractivity contribution in [2.45, 2.75) is 77.9 Å². The van der Waals surface area contributed by atoms with Crippen LogP contribution in [-0.2, 0) is 19.7 Å². The van der Waals surface area contributed by atoms with Crippen LogP contribution in [0.5, 0.6) is 0 Å². The number of ether oxygens (including phenoxy) is 1. The van der Waals surface area contributed by atoms with Crippen LogP contribution in [0.3, 0.4) is 0 Å². The van der Waals surface area contributed by atoms with E-state index in [1.165, 1.54) is 12.0 Å². The molecule has 39 heavy (non-hydrogen) atoms. The Hall–Kier alpha value is -3.83. The van der Waals surface area contributed by atoms with Gasteiger partial charge in [0.15, 0.2) is 0 Å². The van der Waals surface area contributed by atoms with Crippen LogP contribution in [-0.4, -0.2) is 75.6 Å². The minimum atomic E-state index is -0.949. The van der Waals surface area contributed by atoms with Gasteiger partial charge in [0.2, 0.25) is 23.5 Å². The molecule has 212 valence electrons. The Morgan fingerprint density at radius 1 is 1.05 bits per heavy atom. The lowest BCUT2D eigenvalue weighted by molar-refractivity contribution is -0.141. The molecule has 0 unspecified atom stereocenters. The average Bonchev–Trinajstić information content (AvgIpc) is 3.60.